The smallest absolute Gasteiger partial charge is 0.291 e. The monoisotopic (exact) mass is 468 g/mol. The van der Waals surface area contributed by atoms with Gasteiger partial charge in [-0.3, -0.25) is 9.59 Å². The summed E-state index contributed by atoms with van der Waals surface area (Å²) in [5.74, 6) is 1.69. The van der Waals surface area contributed by atoms with Crippen molar-refractivity contribution in [2.75, 3.05) is 27.9 Å². The number of nitrogens with two attached hydrogens (primary N) is 1. The fraction of sp³-hybridized carbons (Fsp3) is 0.182. The molecule has 0 aliphatic carbocycles. The molecule has 11 heteroatoms. The minimum atomic E-state index is -0.554. The molecule has 2 aromatic carbocycles. The first-order valence-corrected chi connectivity index (χ1v) is 10.5. The van der Waals surface area contributed by atoms with E-state index in [2.05, 4.69) is 10.1 Å². The van der Waals surface area contributed by atoms with E-state index in [1.165, 1.54) is 37.2 Å². The molecule has 0 atom stereocenters. The van der Waals surface area contributed by atoms with Gasteiger partial charge in [-0.15, -0.1) is 5.10 Å². The largest absolute Gasteiger partial charge is 0.493 e. The number of hydrogen-bond donors (Lipinski definition) is 1. The van der Waals surface area contributed by atoms with Crippen LogP contribution in [0.15, 0.2) is 41.2 Å². The lowest BCUT2D eigenvalue weighted by atomic mass is 10.1. The first kappa shape index (κ1) is 22.1. The van der Waals surface area contributed by atoms with Gasteiger partial charge in [0.2, 0.25) is 10.7 Å². The highest BCUT2D eigenvalue weighted by Crippen LogP contribution is 2.40. The number of ether oxygens (including phenoxy) is 4. The number of aromatic nitrogens is 3. The van der Waals surface area contributed by atoms with Gasteiger partial charge in [0.05, 0.1) is 25.9 Å². The number of rotatable bonds is 8. The average molecular weight is 468 g/mol. The van der Waals surface area contributed by atoms with Gasteiger partial charge >= 0.3 is 0 Å². The van der Waals surface area contributed by atoms with Gasteiger partial charge < -0.3 is 24.7 Å². The third kappa shape index (κ3) is 4.44. The summed E-state index contributed by atoms with van der Waals surface area (Å²) in [6.07, 6.45) is 1.74. The number of fused-ring (bicyclic) bond motifs is 1. The van der Waals surface area contributed by atoms with Crippen molar-refractivity contribution in [2.45, 2.75) is 0 Å². The molecule has 0 fully saturated rings. The lowest BCUT2D eigenvalue weighted by Gasteiger charge is -2.12. The zero-order chi connectivity index (χ0) is 23.5. The van der Waals surface area contributed by atoms with Crippen LogP contribution in [0.5, 0.6) is 23.0 Å². The molecule has 0 saturated heterocycles. The number of carbonyl (C=O) groups is 1. The molecule has 0 radical (unpaired) electrons. The van der Waals surface area contributed by atoms with Crippen LogP contribution in [-0.4, -0.2) is 48.4 Å². The molecule has 0 aliphatic heterocycles. The van der Waals surface area contributed by atoms with Gasteiger partial charge in [-0.1, -0.05) is 23.5 Å². The van der Waals surface area contributed by atoms with Crippen molar-refractivity contribution in [3.8, 4) is 34.4 Å². The van der Waals surface area contributed by atoms with E-state index >= 15 is 0 Å². The Balaban J connectivity index is 1.67. The second-order valence-electron chi connectivity index (χ2n) is 6.78. The molecular weight excluding hydrogens is 448 g/mol. The fourth-order valence-corrected chi connectivity index (χ4v) is 4.04. The second-order valence-corrected chi connectivity index (χ2v) is 7.79. The topological polar surface area (TPSA) is 127 Å². The van der Waals surface area contributed by atoms with Crippen molar-refractivity contribution in [1.29, 1.82) is 0 Å². The molecule has 2 N–H and O–H groups in total. The lowest BCUT2D eigenvalue weighted by Crippen LogP contribution is -2.23. The van der Waals surface area contributed by atoms with Crippen molar-refractivity contribution in [3.63, 3.8) is 0 Å². The minimum absolute atomic E-state index is 0.199. The van der Waals surface area contributed by atoms with Crippen LogP contribution >= 0.6 is 11.3 Å². The van der Waals surface area contributed by atoms with E-state index in [4.69, 9.17) is 24.7 Å². The van der Waals surface area contributed by atoms with Crippen LogP contribution in [0.4, 0.5) is 0 Å². The predicted molar refractivity (Wildman–Crippen MR) is 122 cm³/mol. The number of benzene rings is 2. The van der Waals surface area contributed by atoms with Crippen molar-refractivity contribution >= 4 is 28.3 Å². The summed E-state index contributed by atoms with van der Waals surface area (Å²) in [7, 11) is 4.57. The maximum Gasteiger partial charge on any atom is 0.291 e. The Morgan fingerprint density at radius 3 is 2.30 bits per heavy atom. The number of methoxy groups -OCH3 is 3. The van der Waals surface area contributed by atoms with E-state index in [-0.39, 0.29) is 12.2 Å². The summed E-state index contributed by atoms with van der Waals surface area (Å²) in [5, 5.41) is 4.37. The predicted octanol–water partition coefficient (Wildman–Crippen LogP) is 1.26. The Morgan fingerprint density at radius 1 is 1.09 bits per heavy atom. The van der Waals surface area contributed by atoms with Crippen LogP contribution < -0.4 is 34.8 Å². The molecule has 0 saturated carbocycles. The average Bonchev–Trinajstić information content (AvgIpc) is 3.36. The summed E-state index contributed by atoms with van der Waals surface area (Å²) >= 11 is 1.22. The molecule has 0 bridgehead atoms. The van der Waals surface area contributed by atoms with E-state index < -0.39 is 5.91 Å². The van der Waals surface area contributed by atoms with Crippen molar-refractivity contribution in [3.05, 3.63) is 56.8 Å². The van der Waals surface area contributed by atoms with E-state index in [9.17, 15) is 9.59 Å². The van der Waals surface area contributed by atoms with Crippen molar-refractivity contribution < 1.29 is 23.7 Å². The van der Waals surface area contributed by atoms with E-state index in [0.29, 0.717) is 43.9 Å². The molecule has 2 aromatic heterocycles. The van der Waals surface area contributed by atoms with Gasteiger partial charge in [0.25, 0.3) is 11.5 Å². The summed E-state index contributed by atoms with van der Waals surface area (Å²) in [5.41, 5.74) is 6.19. The number of primary amides is 1. The molecule has 1 amide bonds. The number of thiazole rings is 1. The third-order valence-electron chi connectivity index (χ3n) is 4.66. The Hall–Kier alpha value is -4.12. The number of nitrogens with zero attached hydrogens (tertiary/aromatic N) is 3. The van der Waals surface area contributed by atoms with Gasteiger partial charge in [0.15, 0.2) is 23.9 Å². The van der Waals surface area contributed by atoms with Crippen LogP contribution in [0.2, 0.25) is 0 Å². The Labute approximate surface area is 191 Å². The van der Waals surface area contributed by atoms with E-state index in [1.807, 2.05) is 0 Å². The minimum Gasteiger partial charge on any atom is -0.493 e. The fourth-order valence-electron chi connectivity index (χ4n) is 3.13. The Bertz CT molecular complexity index is 1400. The summed E-state index contributed by atoms with van der Waals surface area (Å²) in [6.45, 7) is -0.199. The standard InChI is InChI=1S/C22H20N4O6S/c1-29-15-9-13(10-16(30-2)19(15)31-3)20-24-22-26(25-20)21(28)17(33-22)8-12-4-6-14(7-5-12)32-11-18(23)27/h4-10H,11H2,1-3H3,(H2,23,27)/b17-8+. The van der Waals surface area contributed by atoms with Gasteiger partial charge in [-0.25, -0.2) is 0 Å². The normalized spacial score (nSPS) is 11.5. The maximum atomic E-state index is 12.9. The molecule has 0 unspecified atom stereocenters. The van der Waals surface area contributed by atoms with Gasteiger partial charge in [-0.05, 0) is 35.9 Å². The molecule has 170 valence electrons. The van der Waals surface area contributed by atoms with Crippen LogP contribution in [0, 0.1) is 0 Å². The maximum absolute atomic E-state index is 12.9. The first-order chi connectivity index (χ1) is 15.9. The molecule has 2 heterocycles. The molecule has 4 rings (SSSR count). The number of carbonyl (C=O) groups excluding carboxylic acids is 1. The lowest BCUT2D eigenvalue weighted by molar-refractivity contribution is -0.119. The molecule has 0 spiro atoms. The summed E-state index contributed by atoms with van der Waals surface area (Å²) in [4.78, 5) is 28.6. The zero-order valence-electron chi connectivity index (χ0n) is 18.0. The van der Waals surface area contributed by atoms with Crippen LogP contribution in [0.25, 0.3) is 22.4 Å². The van der Waals surface area contributed by atoms with Crippen LogP contribution in [0.3, 0.4) is 0 Å². The van der Waals surface area contributed by atoms with E-state index in [1.54, 1.807) is 42.5 Å². The number of hydrogen-bond acceptors (Lipinski definition) is 9. The number of amides is 1. The zero-order valence-corrected chi connectivity index (χ0v) is 18.8. The molecule has 10 nitrogen and oxygen atoms in total. The van der Waals surface area contributed by atoms with Gasteiger partial charge in [-0.2, -0.15) is 9.50 Å². The van der Waals surface area contributed by atoms with Crippen LogP contribution in [0.1, 0.15) is 5.56 Å². The molecule has 33 heavy (non-hydrogen) atoms. The van der Waals surface area contributed by atoms with Crippen molar-refractivity contribution in [2.24, 2.45) is 5.73 Å². The summed E-state index contributed by atoms with van der Waals surface area (Å²) in [6, 6.07) is 10.4. The quantitative estimate of drug-likeness (QED) is 0.409. The molecule has 0 aliphatic rings. The Morgan fingerprint density at radius 2 is 1.76 bits per heavy atom. The van der Waals surface area contributed by atoms with Crippen molar-refractivity contribution in [1.82, 2.24) is 14.6 Å². The second kappa shape index (κ2) is 9.17. The van der Waals surface area contributed by atoms with Crippen LogP contribution in [-0.2, 0) is 4.79 Å². The van der Waals surface area contributed by atoms with E-state index in [0.717, 1.165) is 5.56 Å². The highest BCUT2D eigenvalue weighted by atomic mass is 32.1. The molecule has 4 aromatic rings. The highest BCUT2D eigenvalue weighted by Gasteiger charge is 2.18. The molecular formula is C22H20N4O6S. The van der Waals surface area contributed by atoms with Gasteiger partial charge in [0.1, 0.15) is 5.75 Å². The first-order valence-electron chi connectivity index (χ1n) is 9.66. The van der Waals surface area contributed by atoms with Gasteiger partial charge in [0, 0.05) is 5.56 Å². The third-order valence-corrected chi connectivity index (χ3v) is 5.62. The Kier molecular flexibility index (Phi) is 6.13. The highest BCUT2D eigenvalue weighted by molar-refractivity contribution is 7.15. The summed E-state index contributed by atoms with van der Waals surface area (Å²) < 4.78 is 23.1. The SMILES string of the molecule is COc1cc(-c2nc3s/c(=C/c4ccc(OCC(N)=O)cc4)c(=O)n3n2)cc(OC)c1OC.